The lowest BCUT2D eigenvalue weighted by atomic mass is 10.1. The molecule has 0 amide bonds. The maximum absolute atomic E-state index is 4.33. The normalized spacial score (nSPS) is 11.4. The van der Waals surface area contributed by atoms with E-state index in [1.807, 2.05) is 16.9 Å². The van der Waals surface area contributed by atoms with Crippen LogP contribution in [-0.2, 0) is 19.5 Å². The summed E-state index contributed by atoms with van der Waals surface area (Å²) >= 11 is 0. The lowest BCUT2D eigenvalue weighted by Crippen LogP contribution is -2.38. The highest BCUT2D eigenvalue weighted by atomic mass is 15.3. The van der Waals surface area contributed by atoms with Crippen LogP contribution < -0.4 is 10.6 Å². The molecule has 5 heteroatoms. The van der Waals surface area contributed by atoms with E-state index in [0.29, 0.717) is 0 Å². The van der Waals surface area contributed by atoms with Crippen molar-refractivity contribution in [2.75, 3.05) is 13.6 Å². The van der Waals surface area contributed by atoms with Crippen LogP contribution in [0.2, 0.25) is 0 Å². The van der Waals surface area contributed by atoms with Gasteiger partial charge in [0.15, 0.2) is 5.96 Å². The number of rotatable bonds is 7. The van der Waals surface area contributed by atoms with Crippen LogP contribution in [0.4, 0.5) is 0 Å². The molecule has 0 saturated heterocycles. The Morgan fingerprint density at radius 2 is 1.89 bits per heavy atom. The van der Waals surface area contributed by atoms with Gasteiger partial charge in [-0.2, -0.15) is 5.10 Å². The van der Waals surface area contributed by atoms with Crippen LogP contribution in [0, 0.1) is 6.92 Å². The first-order valence-corrected chi connectivity index (χ1v) is 9.29. The van der Waals surface area contributed by atoms with Crippen molar-refractivity contribution in [1.82, 2.24) is 20.4 Å². The van der Waals surface area contributed by atoms with Gasteiger partial charge in [0.2, 0.25) is 0 Å². The lowest BCUT2D eigenvalue weighted by molar-refractivity contribution is 0.677. The second kappa shape index (κ2) is 9.57. The Labute approximate surface area is 161 Å². The molecule has 1 heterocycles. The maximum Gasteiger partial charge on any atom is 0.191 e. The summed E-state index contributed by atoms with van der Waals surface area (Å²) in [4.78, 5) is 4.33. The minimum atomic E-state index is 0.724. The van der Waals surface area contributed by atoms with E-state index in [9.17, 15) is 0 Å². The number of benzene rings is 2. The quantitative estimate of drug-likeness (QED) is 0.502. The number of nitrogens with one attached hydrogen (secondary N) is 2. The lowest BCUT2D eigenvalue weighted by Gasteiger charge is -2.14. The number of nitrogens with zero attached hydrogens (tertiary/aromatic N) is 3. The molecular formula is C22H27N5. The van der Waals surface area contributed by atoms with Gasteiger partial charge in [-0.1, -0.05) is 54.1 Å². The van der Waals surface area contributed by atoms with Crippen LogP contribution in [0.5, 0.6) is 0 Å². The van der Waals surface area contributed by atoms with Crippen molar-refractivity contribution in [3.8, 4) is 0 Å². The molecule has 1 aromatic heterocycles. The average Bonchev–Trinajstić information content (AvgIpc) is 3.19. The van der Waals surface area contributed by atoms with Gasteiger partial charge in [-0.15, -0.1) is 0 Å². The molecule has 140 valence electrons. The fraction of sp³-hybridized carbons (Fsp3) is 0.273. The van der Waals surface area contributed by atoms with E-state index in [1.165, 1.54) is 22.3 Å². The van der Waals surface area contributed by atoms with Crippen molar-refractivity contribution >= 4 is 5.96 Å². The molecule has 2 aromatic carbocycles. The van der Waals surface area contributed by atoms with Crippen LogP contribution in [0.15, 0.2) is 72.0 Å². The highest BCUT2D eigenvalue weighted by Gasteiger charge is 2.05. The second-order valence-corrected chi connectivity index (χ2v) is 6.56. The molecule has 0 spiro atoms. The molecule has 3 aromatic rings. The standard InChI is InChI=1S/C22H27N5/c1-18-7-5-8-19(15-18)11-13-24-22(23-2)25-16-20-9-3-4-10-21(20)17-27-14-6-12-26-27/h3-10,12,14-15H,11,13,16-17H2,1-2H3,(H2,23,24,25). The van der Waals surface area contributed by atoms with Gasteiger partial charge < -0.3 is 10.6 Å². The van der Waals surface area contributed by atoms with Crippen LogP contribution in [0.25, 0.3) is 0 Å². The van der Waals surface area contributed by atoms with Crippen LogP contribution in [-0.4, -0.2) is 29.3 Å². The molecule has 0 atom stereocenters. The van der Waals surface area contributed by atoms with Crippen LogP contribution in [0.3, 0.4) is 0 Å². The molecule has 0 bridgehead atoms. The molecule has 27 heavy (non-hydrogen) atoms. The SMILES string of the molecule is CN=C(NCCc1cccc(C)c1)NCc1ccccc1Cn1cccn1. The Bertz CT molecular complexity index is 868. The van der Waals surface area contributed by atoms with Crippen molar-refractivity contribution in [3.05, 3.63) is 89.2 Å². The minimum absolute atomic E-state index is 0.724. The summed E-state index contributed by atoms with van der Waals surface area (Å²) in [5.41, 5.74) is 5.13. The zero-order chi connectivity index (χ0) is 18.9. The summed E-state index contributed by atoms with van der Waals surface area (Å²) < 4.78 is 1.94. The molecule has 5 nitrogen and oxygen atoms in total. The Hall–Kier alpha value is -3.08. The predicted octanol–water partition coefficient (Wildman–Crippen LogP) is 3.15. The van der Waals surface area contributed by atoms with Gasteiger partial charge in [-0.25, -0.2) is 0 Å². The van der Waals surface area contributed by atoms with Crippen LogP contribution in [0.1, 0.15) is 22.3 Å². The van der Waals surface area contributed by atoms with Crippen molar-refractivity contribution in [1.29, 1.82) is 0 Å². The number of hydrogen-bond donors (Lipinski definition) is 2. The molecule has 0 aliphatic carbocycles. The number of guanidine groups is 1. The Kier molecular flexibility index (Phi) is 6.63. The van der Waals surface area contributed by atoms with E-state index in [-0.39, 0.29) is 0 Å². The first-order valence-electron chi connectivity index (χ1n) is 9.29. The summed E-state index contributed by atoms with van der Waals surface area (Å²) in [6.45, 7) is 4.46. The molecule has 3 rings (SSSR count). The third kappa shape index (κ3) is 5.71. The Balaban J connectivity index is 1.52. The number of aliphatic imine (C=N–C) groups is 1. The van der Waals surface area contributed by atoms with Crippen molar-refractivity contribution in [2.45, 2.75) is 26.4 Å². The number of aryl methyl sites for hydroxylation is 1. The number of hydrogen-bond acceptors (Lipinski definition) is 2. The molecule has 0 aliphatic rings. The first-order chi connectivity index (χ1) is 13.2. The smallest absolute Gasteiger partial charge is 0.191 e. The largest absolute Gasteiger partial charge is 0.356 e. The van der Waals surface area contributed by atoms with Crippen molar-refractivity contribution in [3.63, 3.8) is 0 Å². The fourth-order valence-electron chi connectivity index (χ4n) is 3.05. The van der Waals surface area contributed by atoms with Gasteiger partial charge in [-0.3, -0.25) is 9.67 Å². The average molecular weight is 361 g/mol. The van der Waals surface area contributed by atoms with Crippen molar-refractivity contribution < 1.29 is 0 Å². The van der Waals surface area contributed by atoms with E-state index < -0.39 is 0 Å². The van der Waals surface area contributed by atoms with Gasteiger partial charge in [0.05, 0.1) is 6.54 Å². The third-order valence-electron chi connectivity index (χ3n) is 4.47. The van der Waals surface area contributed by atoms with E-state index in [0.717, 1.165) is 32.0 Å². The van der Waals surface area contributed by atoms with Gasteiger partial charge in [-0.05, 0) is 36.1 Å². The highest BCUT2D eigenvalue weighted by Crippen LogP contribution is 2.10. The van der Waals surface area contributed by atoms with E-state index >= 15 is 0 Å². The summed E-state index contributed by atoms with van der Waals surface area (Å²) in [6.07, 6.45) is 4.76. The van der Waals surface area contributed by atoms with E-state index in [2.05, 4.69) is 76.2 Å². The van der Waals surface area contributed by atoms with E-state index in [1.54, 1.807) is 13.2 Å². The highest BCUT2D eigenvalue weighted by molar-refractivity contribution is 5.79. The zero-order valence-corrected chi connectivity index (χ0v) is 16.0. The Morgan fingerprint density at radius 3 is 2.63 bits per heavy atom. The van der Waals surface area contributed by atoms with Gasteiger partial charge >= 0.3 is 0 Å². The maximum atomic E-state index is 4.33. The molecule has 0 unspecified atom stereocenters. The minimum Gasteiger partial charge on any atom is -0.356 e. The molecular weight excluding hydrogens is 334 g/mol. The summed E-state index contributed by atoms with van der Waals surface area (Å²) in [7, 11) is 1.80. The molecule has 0 radical (unpaired) electrons. The molecule has 2 N–H and O–H groups in total. The van der Waals surface area contributed by atoms with Crippen LogP contribution >= 0.6 is 0 Å². The zero-order valence-electron chi connectivity index (χ0n) is 16.0. The first kappa shape index (κ1) is 18.7. The topological polar surface area (TPSA) is 54.2 Å². The monoisotopic (exact) mass is 361 g/mol. The molecule has 0 fully saturated rings. The summed E-state index contributed by atoms with van der Waals surface area (Å²) in [5.74, 6) is 0.816. The second-order valence-electron chi connectivity index (χ2n) is 6.56. The van der Waals surface area contributed by atoms with E-state index in [4.69, 9.17) is 0 Å². The molecule has 0 aliphatic heterocycles. The third-order valence-corrected chi connectivity index (χ3v) is 4.47. The summed E-state index contributed by atoms with van der Waals surface area (Å²) in [5, 5.41) is 11.1. The van der Waals surface area contributed by atoms with Crippen molar-refractivity contribution in [2.24, 2.45) is 4.99 Å². The fourth-order valence-corrected chi connectivity index (χ4v) is 3.05. The summed E-state index contributed by atoms with van der Waals surface area (Å²) in [6, 6.07) is 19.0. The number of aromatic nitrogens is 2. The Morgan fingerprint density at radius 1 is 1.04 bits per heavy atom. The predicted molar refractivity (Wildman–Crippen MR) is 111 cm³/mol. The van der Waals surface area contributed by atoms with Gasteiger partial charge in [0, 0.05) is 32.5 Å². The van der Waals surface area contributed by atoms with Gasteiger partial charge in [0.1, 0.15) is 0 Å². The van der Waals surface area contributed by atoms with Gasteiger partial charge in [0.25, 0.3) is 0 Å². The molecule has 0 saturated carbocycles.